The Morgan fingerprint density at radius 3 is 2.85 bits per heavy atom. The van der Waals surface area contributed by atoms with Crippen molar-refractivity contribution in [2.24, 2.45) is 5.92 Å². The fourth-order valence-corrected chi connectivity index (χ4v) is 2.37. The van der Waals surface area contributed by atoms with E-state index in [0.717, 1.165) is 12.8 Å². The highest BCUT2D eigenvalue weighted by Gasteiger charge is 2.26. The molecule has 1 fully saturated rings. The molecule has 0 bridgehead atoms. The van der Waals surface area contributed by atoms with Gasteiger partial charge in [-0.05, 0) is 19.8 Å². The monoisotopic (exact) mass is 294 g/mol. The van der Waals surface area contributed by atoms with E-state index in [1.54, 1.807) is 6.92 Å². The predicted octanol–water partition coefficient (Wildman–Crippen LogP) is 1.78. The molecule has 1 aromatic heterocycles. The quantitative estimate of drug-likeness (QED) is 0.791. The number of piperidine rings is 1. The van der Waals surface area contributed by atoms with Crippen LogP contribution in [0.25, 0.3) is 0 Å². The molecule has 20 heavy (non-hydrogen) atoms. The van der Waals surface area contributed by atoms with Crippen molar-refractivity contribution < 1.29 is 9.53 Å². The number of nitrogens with zero attached hydrogens (tertiary/aromatic N) is 4. The molecule has 2 heterocycles. The lowest BCUT2D eigenvalue weighted by Gasteiger charge is -2.31. The standard InChI is InChI=1S/C13H15ClN4O2/c1-2-20-13(19)9-3-5-18(6-4-9)11-8-16-10(7-15)12(14)17-11/h8-9H,2-6H2,1H3. The van der Waals surface area contributed by atoms with Gasteiger partial charge in [-0.2, -0.15) is 5.26 Å². The summed E-state index contributed by atoms with van der Waals surface area (Å²) < 4.78 is 5.03. The first-order chi connectivity index (χ1) is 9.65. The molecule has 0 aromatic carbocycles. The Balaban J connectivity index is 1.99. The Bertz CT molecular complexity index is 536. The van der Waals surface area contributed by atoms with Crippen molar-refractivity contribution >= 4 is 23.4 Å². The van der Waals surface area contributed by atoms with E-state index >= 15 is 0 Å². The lowest BCUT2D eigenvalue weighted by molar-refractivity contribution is -0.148. The minimum Gasteiger partial charge on any atom is -0.466 e. The highest BCUT2D eigenvalue weighted by Crippen LogP contribution is 2.24. The number of carbonyl (C=O) groups excluding carboxylic acids is 1. The van der Waals surface area contributed by atoms with Gasteiger partial charge in [-0.3, -0.25) is 4.79 Å². The third-order valence-electron chi connectivity index (χ3n) is 3.26. The van der Waals surface area contributed by atoms with Crippen molar-refractivity contribution in [3.8, 4) is 6.07 Å². The second kappa shape index (κ2) is 6.53. The van der Waals surface area contributed by atoms with Crippen molar-refractivity contribution in [1.82, 2.24) is 9.97 Å². The van der Waals surface area contributed by atoms with Crippen molar-refractivity contribution in [1.29, 1.82) is 5.26 Å². The largest absolute Gasteiger partial charge is 0.466 e. The lowest BCUT2D eigenvalue weighted by atomic mass is 9.97. The number of hydrogen-bond donors (Lipinski definition) is 0. The van der Waals surface area contributed by atoms with Crippen LogP contribution < -0.4 is 4.90 Å². The third kappa shape index (κ3) is 3.17. The minimum absolute atomic E-state index is 0.0481. The summed E-state index contributed by atoms with van der Waals surface area (Å²) in [4.78, 5) is 21.8. The van der Waals surface area contributed by atoms with Crippen LogP contribution in [0.2, 0.25) is 5.15 Å². The van der Waals surface area contributed by atoms with E-state index in [1.165, 1.54) is 6.20 Å². The fourth-order valence-electron chi connectivity index (χ4n) is 2.19. The van der Waals surface area contributed by atoms with Crippen LogP contribution in [0, 0.1) is 17.2 Å². The Morgan fingerprint density at radius 1 is 1.60 bits per heavy atom. The molecule has 1 aliphatic rings. The molecule has 1 aromatic rings. The second-order valence-corrected chi connectivity index (χ2v) is 4.85. The molecule has 0 spiro atoms. The van der Waals surface area contributed by atoms with Crippen LogP contribution in [0.15, 0.2) is 6.20 Å². The van der Waals surface area contributed by atoms with Gasteiger partial charge in [0.15, 0.2) is 10.8 Å². The Labute approximate surface area is 122 Å². The fraction of sp³-hybridized carbons (Fsp3) is 0.538. The summed E-state index contributed by atoms with van der Waals surface area (Å²) in [5.41, 5.74) is 0.122. The van der Waals surface area contributed by atoms with Crippen LogP contribution in [-0.2, 0) is 9.53 Å². The van der Waals surface area contributed by atoms with E-state index < -0.39 is 0 Å². The van der Waals surface area contributed by atoms with E-state index in [4.69, 9.17) is 21.6 Å². The minimum atomic E-state index is -0.129. The van der Waals surface area contributed by atoms with Gasteiger partial charge in [-0.1, -0.05) is 11.6 Å². The number of ether oxygens (including phenoxy) is 1. The summed E-state index contributed by atoms with van der Waals surface area (Å²) in [5, 5.41) is 8.87. The lowest BCUT2D eigenvalue weighted by Crippen LogP contribution is -2.37. The van der Waals surface area contributed by atoms with Crippen LogP contribution in [-0.4, -0.2) is 35.6 Å². The van der Waals surface area contributed by atoms with E-state index in [9.17, 15) is 4.79 Å². The summed E-state index contributed by atoms with van der Waals surface area (Å²) >= 11 is 5.87. The molecular weight excluding hydrogens is 280 g/mol. The normalized spacial score (nSPS) is 15.8. The van der Waals surface area contributed by atoms with Gasteiger partial charge in [0.05, 0.1) is 18.7 Å². The van der Waals surface area contributed by atoms with Gasteiger partial charge >= 0.3 is 5.97 Å². The molecule has 0 unspecified atom stereocenters. The zero-order chi connectivity index (χ0) is 14.5. The van der Waals surface area contributed by atoms with Gasteiger partial charge in [-0.15, -0.1) is 0 Å². The molecule has 6 nitrogen and oxygen atoms in total. The molecule has 0 saturated carbocycles. The highest BCUT2D eigenvalue weighted by molar-refractivity contribution is 6.30. The average molecular weight is 295 g/mol. The zero-order valence-electron chi connectivity index (χ0n) is 11.2. The van der Waals surface area contributed by atoms with Crippen molar-refractivity contribution in [3.63, 3.8) is 0 Å². The number of halogens is 1. The first kappa shape index (κ1) is 14.5. The second-order valence-electron chi connectivity index (χ2n) is 4.49. The Kier molecular flexibility index (Phi) is 4.74. The Morgan fingerprint density at radius 2 is 2.30 bits per heavy atom. The summed E-state index contributed by atoms with van der Waals surface area (Å²) in [6, 6.07) is 1.88. The molecule has 1 saturated heterocycles. The van der Waals surface area contributed by atoms with Crippen LogP contribution >= 0.6 is 11.6 Å². The zero-order valence-corrected chi connectivity index (χ0v) is 11.9. The van der Waals surface area contributed by atoms with Crippen molar-refractivity contribution in [2.75, 3.05) is 24.6 Å². The number of esters is 1. The molecule has 0 atom stereocenters. The summed E-state index contributed by atoms with van der Waals surface area (Å²) in [5.74, 6) is 0.459. The molecule has 1 aliphatic heterocycles. The van der Waals surface area contributed by atoms with Gasteiger partial charge in [0.2, 0.25) is 0 Å². The number of aromatic nitrogens is 2. The number of hydrogen-bond acceptors (Lipinski definition) is 6. The Hall–Kier alpha value is -1.87. The molecular formula is C13H15ClN4O2. The number of rotatable bonds is 3. The first-order valence-corrected chi connectivity index (χ1v) is 6.87. The predicted molar refractivity (Wildman–Crippen MR) is 73.3 cm³/mol. The van der Waals surface area contributed by atoms with Crippen LogP contribution in [0.4, 0.5) is 5.82 Å². The molecule has 7 heteroatoms. The van der Waals surface area contributed by atoms with Crippen LogP contribution in [0.1, 0.15) is 25.5 Å². The SMILES string of the molecule is CCOC(=O)C1CCN(c2cnc(C#N)c(Cl)n2)CC1. The molecule has 2 rings (SSSR count). The summed E-state index contributed by atoms with van der Waals surface area (Å²) in [6.45, 7) is 3.61. The molecule has 0 aliphatic carbocycles. The summed E-state index contributed by atoms with van der Waals surface area (Å²) in [7, 11) is 0. The maximum Gasteiger partial charge on any atom is 0.309 e. The van der Waals surface area contributed by atoms with Crippen LogP contribution in [0.3, 0.4) is 0 Å². The average Bonchev–Trinajstić information content (AvgIpc) is 2.47. The highest BCUT2D eigenvalue weighted by atomic mass is 35.5. The van der Waals surface area contributed by atoms with E-state index in [1.807, 2.05) is 11.0 Å². The smallest absolute Gasteiger partial charge is 0.309 e. The maximum atomic E-state index is 11.7. The van der Waals surface area contributed by atoms with Gasteiger partial charge in [0.25, 0.3) is 0 Å². The van der Waals surface area contributed by atoms with E-state index in [0.29, 0.717) is 25.5 Å². The topological polar surface area (TPSA) is 79.1 Å². The maximum absolute atomic E-state index is 11.7. The van der Waals surface area contributed by atoms with E-state index in [2.05, 4.69) is 9.97 Å². The van der Waals surface area contributed by atoms with Crippen LogP contribution in [0.5, 0.6) is 0 Å². The van der Waals surface area contributed by atoms with Gasteiger partial charge < -0.3 is 9.64 Å². The number of nitriles is 1. The van der Waals surface area contributed by atoms with Gasteiger partial charge in [-0.25, -0.2) is 9.97 Å². The number of anilines is 1. The van der Waals surface area contributed by atoms with Crippen molar-refractivity contribution in [3.05, 3.63) is 17.0 Å². The molecule has 0 N–H and O–H groups in total. The third-order valence-corrected chi connectivity index (χ3v) is 3.53. The van der Waals surface area contributed by atoms with Gasteiger partial charge in [0, 0.05) is 13.1 Å². The van der Waals surface area contributed by atoms with E-state index in [-0.39, 0.29) is 22.7 Å². The summed E-state index contributed by atoms with van der Waals surface area (Å²) in [6.07, 6.45) is 2.98. The van der Waals surface area contributed by atoms with Gasteiger partial charge in [0.1, 0.15) is 11.9 Å². The molecule has 0 amide bonds. The number of carbonyl (C=O) groups is 1. The molecule has 106 valence electrons. The first-order valence-electron chi connectivity index (χ1n) is 6.50. The molecule has 0 radical (unpaired) electrons. The van der Waals surface area contributed by atoms with Crippen molar-refractivity contribution in [2.45, 2.75) is 19.8 Å².